The third kappa shape index (κ3) is 6.23. The first-order chi connectivity index (χ1) is 19.7. The van der Waals surface area contributed by atoms with Gasteiger partial charge in [-0.05, 0) is 75.1 Å². The molecule has 1 amide bonds. The Morgan fingerprint density at radius 1 is 1.17 bits per heavy atom. The summed E-state index contributed by atoms with van der Waals surface area (Å²) in [4.78, 5) is 26.9. The zero-order valence-corrected chi connectivity index (χ0v) is 24.1. The molecule has 2 atom stereocenters. The Bertz CT molecular complexity index is 1470. The maximum Gasteiger partial charge on any atom is 0.271 e. The molecule has 3 aromatic rings. The molecule has 1 aliphatic heterocycles. The van der Waals surface area contributed by atoms with E-state index in [-0.39, 0.29) is 17.6 Å². The molecule has 2 aromatic heterocycles. The van der Waals surface area contributed by atoms with E-state index in [1.807, 2.05) is 19.9 Å². The van der Waals surface area contributed by atoms with Gasteiger partial charge in [0.1, 0.15) is 17.9 Å². The molecule has 10 nitrogen and oxygen atoms in total. The van der Waals surface area contributed by atoms with Crippen LogP contribution in [-0.2, 0) is 33.7 Å². The van der Waals surface area contributed by atoms with Crippen molar-refractivity contribution in [3.63, 3.8) is 0 Å². The first-order valence-corrected chi connectivity index (χ1v) is 14.8. The number of fused-ring (bicyclic) bond motifs is 1. The van der Waals surface area contributed by atoms with E-state index in [9.17, 15) is 9.59 Å². The van der Waals surface area contributed by atoms with Crippen LogP contribution in [0.2, 0.25) is 0 Å². The van der Waals surface area contributed by atoms with Crippen LogP contribution in [0.15, 0.2) is 41.5 Å². The summed E-state index contributed by atoms with van der Waals surface area (Å²) in [7, 11) is 0. The number of ether oxygens (including phenoxy) is 3. The van der Waals surface area contributed by atoms with Crippen LogP contribution in [0.5, 0.6) is 11.5 Å². The number of nitrogens with zero attached hydrogens (tertiary/aromatic N) is 4. The largest absolute Gasteiger partial charge is 0.455 e. The van der Waals surface area contributed by atoms with Gasteiger partial charge in [-0.25, -0.2) is 4.68 Å². The molecule has 0 bridgehead atoms. The van der Waals surface area contributed by atoms with Gasteiger partial charge in [-0.2, -0.15) is 10.2 Å². The number of anilines is 1. The van der Waals surface area contributed by atoms with Crippen LogP contribution in [0.25, 0.3) is 0 Å². The monoisotopic (exact) mass is 561 g/mol. The highest BCUT2D eigenvalue weighted by Gasteiger charge is 2.33. The van der Waals surface area contributed by atoms with Crippen LogP contribution in [0, 0.1) is 12.8 Å². The van der Waals surface area contributed by atoms with Crippen molar-refractivity contribution in [2.45, 2.75) is 96.6 Å². The molecule has 10 heteroatoms. The number of carbonyl (C=O) groups excluding carboxylic acids is 1. The lowest BCUT2D eigenvalue weighted by atomic mass is 9.98. The molecule has 1 saturated heterocycles. The molecule has 2 unspecified atom stereocenters. The summed E-state index contributed by atoms with van der Waals surface area (Å²) in [6.45, 7) is 6.89. The second kappa shape index (κ2) is 11.4. The molecule has 218 valence electrons. The van der Waals surface area contributed by atoms with Gasteiger partial charge in [0.05, 0.1) is 19.3 Å². The topological polar surface area (TPSA) is 110 Å². The third-order valence-corrected chi connectivity index (χ3v) is 8.48. The van der Waals surface area contributed by atoms with Crippen LogP contribution in [0.3, 0.4) is 0 Å². The minimum Gasteiger partial charge on any atom is -0.455 e. The number of amides is 1. The van der Waals surface area contributed by atoms with E-state index in [0.29, 0.717) is 37.1 Å². The van der Waals surface area contributed by atoms with Gasteiger partial charge in [-0.1, -0.05) is 31.7 Å². The lowest BCUT2D eigenvalue weighted by Crippen LogP contribution is -2.36. The maximum absolute atomic E-state index is 13.6. The highest BCUT2D eigenvalue weighted by atomic mass is 16.7. The zero-order chi connectivity index (χ0) is 28.6. The van der Waals surface area contributed by atoms with Gasteiger partial charge in [0.2, 0.25) is 0 Å². The smallest absolute Gasteiger partial charge is 0.271 e. The first kappa shape index (κ1) is 27.7. The van der Waals surface area contributed by atoms with Gasteiger partial charge in [-0.15, -0.1) is 0 Å². The van der Waals surface area contributed by atoms with Crippen molar-refractivity contribution < 1.29 is 19.0 Å². The van der Waals surface area contributed by atoms with E-state index in [2.05, 4.69) is 28.5 Å². The van der Waals surface area contributed by atoms with Gasteiger partial charge in [0.15, 0.2) is 17.4 Å². The minimum absolute atomic E-state index is 0.118. The zero-order valence-electron chi connectivity index (χ0n) is 24.1. The average molecular weight is 562 g/mol. The second-order valence-corrected chi connectivity index (χ2v) is 12.0. The second-order valence-electron chi connectivity index (χ2n) is 12.0. The van der Waals surface area contributed by atoms with E-state index in [0.717, 1.165) is 50.7 Å². The van der Waals surface area contributed by atoms with Crippen molar-refractivity contribution in [1.82, 2.24) is 19.6 Å². The van der Waals surface area contributed by atoms with Gasteiger partial charge >= 0.3 is 0 Å². The lowest BCUT2D eigenvalue weighted by molar-refractivity contribution is -0.139. The Kier molecular flexibility index (Phi) is 7.70. The highest BCUT2D eigenvalue weighted by Crippen LogP contribution is 2.36. The Morgan fingerprint density at radius 3 is 2.73 bits per heavy atom. The molecular weight excluding hydrogens is 522 g/mol. The van der Waals surface area contributed by atoms with Crippen molar-refractivity contribution in [3.05, 3.63) is 63.7 Å². The van der Waals surface area contributed by atoms with Crippen LogP contribution in [0.1, 0.15) is 75.1 Å². The van der Waals surface area contributed by atoms with Crippen molar-refractivity contribution >= 4 is 11.7 Å². The predicted molar refractivity (Wildman–Crippen MR) is 153 cm³/mol. The molecule has 1 N–H and O–H groups in total. The van der Waals surface area contributed by atoms with Gasteiger partial charge in [0, 0.05) is 18.3 Å². The fourth-order valence-electron chi connectivity index (χ4n) is 6.45. The summed E-state index contributed by atoms with van der Waals surface area (Å²) >= 11 is 0. The fraction of sp³-hybridized carbons (Fsp3) is 0.548. The molecule has 2 fully saturated rings. The van der Waals surface area contributed by atoms with Crippen LogP contribution < -0.4 is 15.6 Å². The van der Waals surface area contributed by atoms with Crippen LogP contribution in [0.4, 0.5) is 5.82 Å². The summed E-state index contributed by atoms with van der Waals surface area (Å²) in [5.74, 6) is 1.03. The van der Waals surface area contributed by atoms with Crippen molar-refractivity contribution in [2.24, 2.45) is 5.92 Å². The van der Waals surface area contributed by atoms with Gasteiger partial charge in [-0.3, -0.25) is 14.3 Å². The first-order valence-electron chi connectivity index (χ1n) is 14.8. The average Bonchev–Trinajstić information content (AvgIpc) is 3.74. The molecule has 1 saturated carbocycles. The number of benzene rings is 1. The molecule has 41 heavy (non-hydrogen) atoms. The number of aryl methyl sites for hydroxylation is 1. The molecule has 2 aliphatic carbocycles. The van der Waals surface area contributed by atoms with E-state index in [4.69, 9.17) is 14.2 Å². The summed E-state index contributed by atoms with van der Waals surface area (Å²) in [6.07, 6.45) is 11.3. The van der Waals surface area contributed by atoms with Gasteiger partial charge in [0.25, 0.3) is 11.5 Å². The Hall–Kier alpha value is -3.50. The number of aromatic nitrogens is 4. The van der Waals surface area contributed by atoms with E-state index >= 15 is 0 Å². The Morgan fingerprint density at radius 2 is 1.98 bits per heavy atom. The standard InChI is InChI=1S/C31H39N5O5/c1-20-11-12-27(25-10-6-9-24(20)25)40-22-16-29(37)36(32-17-22)26(15-21-7-4-5-8-21)30(38)33-28-13-14-35(34-28)18-23-19-39-31(2,3)41-23/h11-14,16-17,21,23,26H,4-10,15,18-19H2,1-3H3,(H,33,34,38). The van der Waals surface area contributed by atoms with E-state index in [1.54, 1.807) is 16.9 Å². The van der Waals surface area contributed by atoms with Crippen molar-refractivity contribution in [1.29, 1.82) is 0 Å². The van der Waals surface area contributed by atoms with Gasteiger partial charge < -0.3 is 19.5 Å². The van der Waals surface area contributed by atoms with Crippen molar-refractivity contribution in [2.75, 3.05) is 11.9 Å². The van der Waals surface area contributed by atoms with E-state index in [1.165, 1.54) is 33.6 Å². The number of hydrogen-bond donors (Lipinski definition) is 1. The Balaban J connectivity index is 1.18. The van der Waals surface area contributed by atoms with Crippen LogP contribution in [-0.4, -0.2) is 44.0 Å². The molecule has 0 radical (unpaired) electrons. The predicted octanol–water partition coefficient (Wildman–Crippen LogP) is 4.94. The quantitative estimate of drug-likeness (QED) is 0.394. The summed E-state index contributed by atoms with van der Waals surface area (Å²) in [5.41, 5.74) is 3.46. The fourth-order valence-corrected chi connectivity index (χ4v) is 6.45. The third-order valence-electron chi connectivity index (χ3n) is 8.48. The van der Waals surface area contributed by atoms with Crippen LogP contribution >= 0.6 is 0 Å². The number of rotatable bonds is 9. The summed E-state index contributed by atoms with van der Waals surface area (Å²) < 4.78 is 20.7. The highest BCUT2D eigenvalue weighted by molar-refractivity contribution is 5.92. The molecular formula is C31H39N5O5. The molecule has 1 aromatic carbocycles. The Labute approximate surface area is 240 Å². The number of carbonyl (C=O) groups is 1. The molecule has 6 rings (SSSR count). The van der Waals surface area contributed by atoms with Crippen molar-refractivity contribution in [3.8, 4) is 11.5 Å². The lowest BCUT2D eigenvalue weighted by Gasteiger charge is -2.21. The van der Waals surface area contributed by atoms with E-state index < -0.39 is 11.8 Å². The molecule has 3 aliphatic rings. The SMILES string of the molecule is Cc1ccc(Oc2cnn(C(CC3CCCC3)C(=O)Nc3ccn(CC4COC(C)(C)O4)n3)c(=O)c2)c2c1CCC2. The molecule has 0 spiro atoms. The molecule has 3 heterocycles. The normalized spacial score (nSPS) is 20.7. The number of hydrogen-bond acceptors (Lipinski definition) is 7. The summed E-state index contributed by atoms with van der Waals surface area (Å²) in [5, 5.41) is 11.9. The minimum atomic E-state index is -0.749. The summed E-state index contributed by atoms with van der Waals surface area (Å²) in [6, 6.07) is 6.46. The number of nitrogens with one attached hydrogen (secondary N) is 1. The maximum atomic E-state index is 13.6.